The molecule has 2 heteroatoms. The minimum atomic E-state index is -0.00204. The van der Waals surface area contributed by atoms with Crippen LogP contribution in [0, 0.1) is 0 Å². The second-order valence-electron chi connectivity index (χ2n) is 4.88. The summed E-state index contributed by atoms with van der Waals surface area (Å²) >= 11 is 0. The van der Waals surface area contributed by atoms with Crippen molar-refractivity contribution in [2.75, 3.05) is 0 Å². The maximum Gasteiger partial charge on any atom is 0.116 e. The lowest BCUT2D eigenvalue weighted by Crippen LogP contribution is -2.37. The summed E-state index contributed by atoms with van der Waals surface area (Å²) in [5, 5.41) is 2.18. The van der Waals surface area contributed by atoms with E-state index in [4.69, 9.17) is 0 Å². The fourth-order valence-corrected chi connectivity index (χ4v) is 2.91. The van der Waals surface area contributed by atoms with E-state index < -0.39 is 0 Å². The molecule has 1 spiro atoms. The van der Waals surface area contributed by atoms with Gasteiger partial charge in [0.25, 0.3) is 0 Å². The topological polar surface area (TPSA) is 25.8 Å². The van der Waals surface area contributed by atoms with Crippen LogP contribution in [-0.4, -0.2) is 9.97 Å². The zero-order valence-electron chi connectivity index (χ0n) is 9.88. The highest BCUT2D eigenvalue weighted by Crippen LogP contribution is 2.40. The summed E-state index contributed by atoms with van der Waals surface area (Å²) < 4.78 is 0. The first kappa shape index (κ1) is 9.77. The molecule has 0 saturated heterocycles. The van der Waals surface area contributed by atoms with Gasteiger partial charge in [0.2, 0.25) is 0 Å². The van der Waals surface area contributed by atoms with Gasteiger partial charge in [-0.25, -0.2) is 9.97 Å². The molecule has 1 aromatic carbocycles. The van der Waals surface area contributed by atoms with Gasteiger partial charge in [0.05, 0.1) is 5.35 Å². The molecule has 0 fully saturated rings. The molecule has 18 heavy (non-hydrogen) atoms. The highest BCUT2D eigenvalue weighted by Gasteiger charge is 2.32. The molecule has 0 saturated carbocycles. The van der Waals surface area contributed by atoms with Crippen molar-refractivity contribution in [1.82, 2.24) is 9.97 Å². The Kier molecular flexibility index (Phi) is 1.84. The fourth-order valence-electron chi connectivity index (χ4n) is 2.91. The van der Waals surface area contributed by atoms with Crippen LogP contribution in [0.2, 0.25) is 0 Å². The highest BCUT2D eigenvalue weighted by molar-refractivity contribution is 5.73. The van der Waals surface area contributed by atoms with Crippen molar-refractivity contribution >= 4 is 18.2 Å². The molecular weight excluding hydrogens is 220 g/mol. The van der Waals surface area contributed by atoms with Crippen molar-refractivity contribution in [2.24, 2.45) is 0 Å². The van der Waals surface area contributed by atoms with Crippen LogP contribution >= 0.6 is 0 Å². The summed E-state index contributed by atoms with van der Waals surface area (Å²) in [6.45, 7) is 0. The minimum absolute atomic E-state index is 0.00204. The van der Waals surface area contributed by atoms with E-state index in [2.05, 4.69) is 58.5 Å². The monoisotopic (exact) mass is 232 g/mol. The Morgan fingerprint density at radius 3 is 3.11 bits per heavy atom. The van der Waals surface area contributed by atoms with E-state index in [1.807, 2.05) is 6.20 Å². The molecule has 86 valence electrons. The Bertz CT molecular complexity index is 774. The highest BCUT2D eigenvalue weighted by atomic mass is 14.8. The van der Waals surface area contributed by atoms with Crippen molar-refractivity contribution in [2.45, 2.75) is 11.8 Å². The average molecular weight is 232 g/mol. The molecule has 1 aromatic heterocycles. The maximum absolute atomic E-state index is 4.38. The van der Waals surface area contributed by atoms with E-state index in [9.17, 15) is 0 Å². The standard InChI is InChI=1S/C16H12N2/c1-2-4-14-12(3-1)5-7-16(14)8-6-13-10-17-11-18-15(13)9-16/h1-7,9-11H,8H2. The fraction of sp³-hybridized carbons (Fsp3) is 0.125. The lowest BCUT2D eigenvalue weighted by Gasteiger charge is -2.26. The maximum atomic E-state index is 4.38. The zero-order chi connectivity index (χ0) is 12.0. The van der Waals surface area contributed by atoms with Gasteiger partial charge in [0, 0.05) is 16.8 Å². The summed E-state index contributed by atoms with van der Waals surface area (Å²) in [5.41, 5.74) is 2.70. The van der Waals surface area contributed by atoms with Crippen LogP contribution in [-0.2, 0) is 5.41 Å². The average Bonchev–Trinajstić information content (AvgIpc) is 2.78. The van der Waals surface area contributed by atoms with E-state index in [0.717, 1.165) is 17.0 Å². The van der Waals surface area contributed by atoms with Crippen LogP contribution in [0.15, 0.2) is 42.9 Å². The summed E-state index contributed by atoms with van der Waals surface area (Å²) in [7, 11) is 0. The minimum Gasteiger partial charge on any atom is -0.244 e. The Labute approximate surface area is 105 Å². The first-order chi connectivity index (χ1) is 8.87. The third-order valence-electron chi connectivity index (χ3n) is 3.85. The van der Waals surface area contributed by atoms with E-state index in [-0.39, 0.29) is 5.41 Å². The van der Waals surface area contributed by atoms with Crippen LogP contribution in [0.25, 0.3) is 18.2 Å². The molecule has 2 nitrogen and oxygen atoms in total. The van der Waals surface area contributed by atoms with Crippen LogP contribution in [0.5, 0.6) is 0 Å². The van der Waals surface area contributed by atoms with E-state index in [0.29, 0.717) is 0 Å². The molecule has 2 aromatic rings. The number of allylic oxidation sites excluding steroid dienone is 1. The molecule has 0 bridgehead atoms. The summed E-state index contributed by atoms with van der Waals surface area (Å²) in [4.78, 5) is 8.46. The first-order valence-electron chi connectivity index (χ1n) is 6.15. The quantitative estimate of drug-likeness (QED) is 0.686. The van der Waals surface area contributed by atoms with Crippen LogP contribution in [0.3, 0.4) is 0 Å². The van der Waals surface area contributed by atoms with Crippen molar-refractivity contribution in [1.29, 1.82) is 0 Å². The molecule has 1 unspecified atom stereocenters. The number of hydrogen-bond acceptors (Lipinski definition) is 2. The van der Waals surface area contributed by atoms with Gasteiger partial charge in [-0.2, -0.15) is 0 Å². The van der Waals surface area contributed by atoms with Crippen molar-refractivity contribution in [3.8, 4) is 0 Å². The normalized spacial score (nSPS) is 23.1. The Balaban J connectivity index is 2.00. The molecule has 2 aliphatic carbocycles. The number of hydrogen-bond donors (Lipinski definition) is 0. The Morgan fingerprint density at radius 1 is 1.17 bits per heavy atom. The SMILES string of the molecule is C1=CC2(C=c3ncncc3=CC2)c2ccccc21. The lowest BCUT2D eigenvalue weighted by atomic mass is 9.77. The lowest BCUT2D eigenvalue weighted by molar-refractivity contribution is 0.742. The van der Waals surface area contributed by atoms with Crippen molar-refractivity contribution in [3.63, 3.8) is 0 Å². The van der Waals surface area contributed by atoms with Crippen molar-refractivity contribution < 1.29 is 0 Å². The molecule has 4 rings (SSSR count). The van der Waals surface area contributed by atoms with E-state index in [1.54, 1.807) is 6.33 Å². The first-order valence-corrected chi connectivity index (χ1v) is 6.15. The predicted octanol–water partition coefficient (Wildman–Crippen LogP) is 1.41. The van der Waals surface area contributed by atoms with Crippen molar-refractivity contribution in [3.05, 3.63) is 64.6 Å². The number of benzene rings is 1. The number of aromatic nitrogens is 2. The second kappa shape index (κ2) is 3.39. The third kappa shape index (κ3) is 1.23. The van der Waals surface area contributed by atoms with Gasteiger partial charge in [-0.05, 0) is 23.6 Å². The van der Waals surface area contributed by atoms with Crippen LogP contribution in [0.1, 0.15) is 17.5 Å². The molecule has 1 heterocycles. The van der Waals surface area contributed by atoms with Gasteiger partial charge < -0.3 is 0 Å². The molecule has 0 radical (unpaired) electrons. The summed E-state index contributed by atoms with van der Waals surface area (Å²) in [6.07, 6.45) is 13.5. The third-order valence-corrected chi connectivity index (χ3v) is 3.85. The second-order valence-corrected chi connectivity index (χ2v) is 4.88. The zero-order valence-corrected chi connectivity index (χ0v) is 9.88. The van der Waals surface area contributed by atoms with Gasteiger partial charge in [-0.1, -0.05) is 42.5 Å². The summed E-state index contributed by atoms with van der Waals surface area (Å²) in [6, 6.07) is 8.58. The molecule has 0 N–H and O–H groups in total. The number of rotatable bonds is 0. The largest absolute Gasteiger partial charge is 0.244 e. The molecule has 2 aliphatic rings. The van der Waals surface area contributed by atoms with Gasteiger partial charge >= 0.3 is 0 Å². The molecule has 1 atom stereocenters. The molecule has 0 amide bonds. The Hall–Kier alpha value is -2.22. The Morgan fingerprint density at radius 2 is 2.11 bits per heavy atom. The number of fused-ring (bicyclic) bond motifs is 3. The van der Waals surface area contributed by atoms with Gasteiger partial charge in [-0.3, -0.25) is 0 Å². The van der Waals surface area contributed by atoms with Gasteiger partial charge in [0.15, 0.2) is 0 Å². The van der Waals surface area contributed by atoms with Crippen LogP contribution < -0.4 is 10.6 Å². The van der Waals surface area contributed by atoms with E-state index in [1.165, 1.54) is 11.1 Å². The van der Waals surface area contributed by atoms with E-state index >= 15 is 0 Å². The van der Waals surface area contributed by atoms with Crippen LogP contribution in [0.4, 0.5) is 0 Å². The summed E-state index contributed by atoms with van der Waals surface area (Å²) in [5.74, 6) is 0. The van der Waals surface area contributed by atoms with Gasteiger partial charge in [0.1, 0.15) is 6.33 Å². The predicted molar refractivity (Wildman–Crippen MR) is 72.0 cm³/mol. The number of nitrogens with zero attached hydrogens (tertiary/aromatic N) is 2. The molecular formula is C16H12N2. The van der Waals surface area contributed by atoms with Gasteiger partial charge in [-0.15, -0.1) is 0 Å². The molecule has 0 aliphatic heterocycles. The smallest absolute Gasteiger partial charge is 0.116 e.